The van der Waals surface area contributed by atoms with Crippen LogP contribution in [0.3, 0.4) is 0 Å². The molecule has 0 amide bonds. The van der Waals surface area contributed by atoms with Crippen molar-refractivity contribution in [2.45, 2.75) is 53.0 Å². The maximum absolute atomic E-state index is 5.68. The molecule has 0 bridgehead atoms. The summed E-state index contributed by atoms with van der Waals surface area (Å²) in [6.07, 6.45) is 3.07. The Balaban J connectivity index is 1.86. The molecule has 1 heterocycles. The average molecular weight is 408 g/mol. The average Bonchev–Trinajstić information content (AvgIpc) is 3.08. The highest BCUT2D eigenvalue weighted by Gasteiger charge is 2.13. The number of nitrogens with zero attached hydrogens (tertiary/aromatic N) is 1. The molecule has 0 spiro atoms. The maximum atomic E-state index is 5.68. The molecule has 0 saturated carbocycles. The smallest absolute Gasteiger partial charge is 0.110 e. The molecule has 3 rings (SSSR count). The van der Waals surface area contributed by atoms with Gasteiger partial charge in [-0.3, -0.25) is 0 Å². The van der Waals surface area contributed by atoms with E-state index in [1.807, 2.05) is 0 Å². The van der Waals surface area contributed by atoms with E-state index >= 15 is 0 Å². The highest BCUT2D eigenvalue weighted by atomic mass is 32.1. The zero-order chi connectivity index (χ0) is 21.0. The highest BCUT2D eigenvalue weighted by Crippen LogP contribution is 2.27. The van der Waals surface area contributed by atoms with E-state index in [0.717, 1.165) is 42.0 Å². The van der Waals surface area contributed by atoms with Crippen molar-refractivity contribution in [2.75, 3.05) is 18.9 Å². The van der Waals surface area contributed by atoms with Crippen LogP contribution in [0.5, 0.6) is 0 Å². The van der Waals surface area contributed by atoms with Gasteiger partial charge in [-0.1, -0.05) is 44.3 Å². The van der Waals surface area contributed by atoms with E-state index in [1.165, 1.54) is 27.7 Å². The van der Waals surface area contributed by atoms with Crippen LogP contribution >= 0.6 is 12.2 Å². The van der Waals surface area contributed by atoms with Crippen molar-refractivity contribution in [2.24, 2.45) is 0 Å². The first kappa shape index (κ1) is 21.5. The van der Waals surface area contributed by atoms with Crippen molar-refractivity contribution < 1.29 is 0 Å². The molecule has 0 unspecified atom stereocenters. The first-order valence-electron chi connectivity index (χ1n) is 10.7. The van der Waals surface area contributed by atoms with Gasteiger partial charge in [0.2, 0.25) is 0 Å². The molecule has 154 valence electrons. The minimum absolute atomic E-state index is 0.554. The van der Waals surface area contributed by atoms with Crippen LogP contribution in [0.2, 0.25) is 0 Å². The second kappa shape index (κ2) is 9.55. The fraction of sp³-hybridized carbons (Fsp3) is 0.400. The number of likely N-dealkylation sites (N-methyl/N-ethyl adjacent to an activating group) is 1. The third-order valence-corrected chi connectivity index (χ3v) is 6.14. The second-order valence-electron chi connectivity index (χ2n) is 8.03. The van der Waals surface area contributed by atoms with Crippen molar-refractivity contribution in [1.82, 2.24) is 9.88 Å². The number of rotatable bonds is 8. The Labute approximate surface area is 180 Å². The fourth-order valence-corrected chi connectivity index (χ4v) is 3.90. The van der Waals surface area contributed by atoms with Gasteiger partial charge < -0.3 is 15.2 Å². The van der Waals surface area contributed by atoms with E-state index in [0.29, 0.717) is 6.04 Å². The molecule has 0 aliphatic carbocycles. The van der Waals surface area contributed by atoms with Gasteiger partial charge in [0.25, 0.3) is 0 Å². The van der Waals surface area contributed by atoms with E-state index in [-0.39, 0.29) is 0 Å². The summed E-state index contributed by atoms with van der Waals surface area (Å²) in [6, 6.07) is 15.5. The minimum atomic E-state index is 0.554. The van der Waals surface area contributed by atoms with Crippen LogP contribution in [0.15, 0.2) is 42.5 Å². The molecular formula is C25H33N3S. The zero-order valence-electron chi connectivity index (χ0n) is 18.3. The lowest BCUT2D eigenvalue weighted by molar-refractivity contribution is 0.277. The summed E-state index contributed by atoms with van der Waals surface area (Å²) in [6.45, 7) is 9.92. The molecule has 3 nitrogen and oxygen atoms in total. The molecule has 4 heteroatoms. The Morgan fingerprint density at radius 2 is 1.90 bits per heavy atom. The number of aryl methyl sites for hydroxylation is 2. The third kappa shape index (κ3) is 5.06. The number of hydrogen-bond acceptors (Lipinski definition) is 2. The lowest BCUT2D eigenvalue weighted by atomic mass is 10.0. The molecular weight excluding hydrogens is 374 g/mol. The Kier molecular flexibility index (Phi) is 7.09. The van der Waals surface area contributed by atoms with Crippen LogP contribution in [0.4, 0.5) is 5.69 Å². The second-order valence-corrected chi connectivity index (χ2v) is 8.44. The van der Waals surface area contributed by atoms with Crippen molar-refractivity contribution in [3.05, 3.63) is 64.8 Å². The fourth-order valence-electron chi connectivity index (χ4n) is 3.65. The molecule has 2 aromatic carbocycles. The van der Waals surface area contributed by atoms with E-state index in [9.17, 15) is 0 Å². The van der Waals surface area contributed by atoms with Crippen molar-refractivity contribution in [1.29, 1.82) is 0 Å². The van der Waals surface area contributed by atoms with E-state index < -0.39 is 0 Å². The number of hydrogen-bond donors (Lipinski definition) is 2. The molecule has 0 aliphatic rings. The Morgan fingerprint density at radius 1 is 1.10 bits per heavy atom. The maximum Gasteiger partial charge on any atom is 0.110 e. The number of fused-ring (bicyclic) bond motifs is 1. The molecule has 29 heavy (non-hydrogen) atoms. The first-order valence-corrected chi connectivity index (χ1v) is 11.1. The van der Waals surface area contributed by atoms with Gasteiger partial charge in [0, 0.05) is 40.4 Å². The number of benzene rings is 2. The number of H-pyrrole nitrogens is 1. The van der Waals surface area contributed by atoms with Gasteiger partial charge in [-0.2, -0.15) is 0 Å². The summed E-state index contributed by atoms with van der Waals surface area (Å²) in [5.74, 6) is 0. The standard InChI is InChI=1S/C25H33N3S/c1-6-18-9-8-10-19(15-18)25(29)26-20-11-12-24-22(16-20)21(23(7-2)27-24)13-14-28(5)17(3)4/h8-12,15-17,27H,6-7,13-14H2,1-5H3,(H,26,29). The molecule has 1 aromatic heterocycles. The van der Waals surface area contributed by atoms with Gasteiger partial charge in [0.15, 0.2) is 0 Å². The quantitative estimate of drug-likeness (QED) is 0.452. The molecule has 0 saturated heterocycles. The molecule has 0 aliphatic heterocycles. The van der Waals surface area contributed by atoms with Crippen LogP contribution in [0.25, 0.3) is 10.9 Å². The largest absolute Gasteiger partial charge is 0.358 e. The van der Waals surface area contributed by atoms with Gasteiger partial charge in [-0.05, 0) is 75.5 Å². The first-order chi connectivity index (χ1) is 13.9. The number of thiocarbonyl (C=S) groups is 1. The topological polar surface area (TPSA) is 31.1 Å². The summed E-state index contributed by atoms with van der Waals surface area (Å²) in [5.41, 5.74) is 7.39. The van der Waals surface area contributed by atoms with Crippen molar-refractivity contribution in [3.63, 3.8) is 0 Å². The number of aromatic amines is 1. The van der Waals surface area contributed by atoms with Crippen LogP contribution in [0.1, 0.15) is 50.1 Å². The Morgan fingerprint density at radius 3 is 2.59 bits per heavy atom. The number of aromatic nitrogens is 1. The van der Waals surface area contributed by atoms with E-state index in [4.69, 9.17) is 12.2 Å². The van der Waals surface area contributed by atoms with Crippen molar-refractivity contribution >= 4 is 33.8 Å². The summed E-state index contributed by atoms with van der Waals surface area (Å²) < 4.78 is 0. The third-order valence-electron chi connectivity index (χ3n) is 5.80. The summed E-state index contributed by atoms with van der Waals surface area (Å²) >= 11 is 5.68. The zero-order valence-corrected chi connectivity index (χ0v) is 19.1. The van der Waals surface area contributed by atoms with Crippen molar-refractivity contribution in [3.8, 4) is 0 Å². The molecule has 0 radical (unpaired) electrons. The molecule has 3 aromatic rings. The number of nitrogens with one attached hydrogen (secondary N) is 2. The summed E-state index contributed by atoms with van der Waals surface area (Å²) in [4.78, 5) is 6.78. The lowest BCUT2D eigenvalue weighted by Gasteiger charge is -2.21. The van der Waals surface area contributed by atoms with Crippen LogP contribution < -0.4 is 5.32 Å². The predicted octanol–water partition coefficient (Wildman–Crippen LogP) is 5.96. The van der Waals surface area contributed by atoms with E-state index in [1.54, 1.807) is 0 Å². The van der Waals surface area contributed by atoms with Gasteiger partial charge >= 0.3 is 0 Å². The summed E-state index contributed by atoms with van der Waals surface area (Å²) in [5, 5.41) is 4.75. The normalized spacial score (nSPS) is 11.6. The van der Waals surface area contributed by atoms with Crippen LogP contribution in [-0.4, -0.2) is 34.5 Å². The SMILES string of the molecule is CCc1cccc(C(=S)Nc2ccc3[nH]c(CC)c(CCN(C)C(C)C)c3c2)c1. The predicted molar refractivity (Wildman–Crippen MR) is 130 cm³/mol. The Bertz CT molecular complexity index is 987. The monoisotopic (exact) mass is 407 g/mol. The summed E-state index contributed by atoms with van der Waals surface area (Å²) in [7, 11) is 2.20. The molecule has 0 fully saturated rings. The minimum Gasteiger partial charge on any atom is -0.358 e. The van der Waals surface area contributed by atoms with Gasteiger partial charge in [-0.25, -0.2) is 0 Å². The highest BCUT2D eigenvalue weighted by molar-refractivity contribution is 7.81. The molecule has 0 atom stereocenters. The Hall–Kier alpha value is -2.17. The lowest BCUT2D eigenvalue weighted by Crippen LogP contribution is -2.28. The number of anilines is 1. The van der Waals surface area contributed by atoms with Crippen LogP contribution in [-0.2, 0) is 19.3 Å². The van der Waals surface area contributed by atoms with Gasteiger partial charge in [0.05, 0.1) is 0 Å². The molecule has 2 N–H and O–H groups in total. The van der Waals surface area contributed by atoms with Crippen LogP contribution in [0, 0.1) is 0 Å². The van der Waals surface area contributed by atoms with Gasteiger partial charge in [0.1, 0.15) is 4.99 Å². The van der Waals surface area contributed by atoms with Gasteiger partial charge in [-0.15, -0.1) is 0 Å². The van der Waals surface area contributed by atoms with E-state index in [2.05, 4.69) is 92.4 Å².